The molecule has 0 unspecified atom stereocenters. The average molecular weight is 367 g/mol. The Kier molecular flexibility index (Phi) is 5.71. The van der Waals surface area contributed by atoms with Gasteiger partial charge in [0.25, 0.3) is 11.6 Å². The minimum Gasteiger partial charge on any atom is -0.494 e. The lowest BCUT2D eigenvalue weighted by Gasteiger charge is -2.07. The third-order valence-electron chi connectivity index (χ3n) is 4.27. The van der Waals surface area contributed by atoms with Crippen LogP contribution in [0.15, 0.2) is 48.7 Å². The van der Waals surface area contributed by atoms with Gasteiger partial charge >= 0.3 is 0 Å². The number of unbranched alkanes of at least 4 members (excludes halogenated alkanes) is 1. The van der Waals surface area contributed by atoms with E-state index in [1.165, 1.54) is 17.7 Å². The Labute approximate surface area is 156 Å². The topological polar surface area (TPSA) is 97.3 Å². The van der Waals surface area contributed by atoms with E-state index in [9.17, 15) is 14.9 Å². The first-order valence-electron chi connectivity index (χ1n) is 8.78. The van der Waals surface area contributed by atoms with E-state index in [4.69, 9.17) is 4.74 Å². The molecular formula is C20H21N3O4. The molecule has 0 spiro atoms. The third kappa shape index (κ3) is 4.63. The molecule has 7 nitrogen and oxygen atoms in total. The number of nitrogens with one attached hydrogen (secondary N) is 2. The molecular weight excluding hydrogens is 346 g/mol. The summed E-state index contributed by atoms with van der Waals surface area (Å²) in [7, 11) is 0. The smallest absolute Gasteiger partial charge is 0.270 e. The van der Waals surface area contributed by atoms with Crippen molar-refractivity contribution in [1.29, 1.82) is 0 Å². The number of carbonyl (C=O) groups excluding carboxylic acids is 1. The summed E-state index contributed by atoms with van der Waals surface area (Å²) in [6.45, 7) is 3.12. The summed E-state index contributed by atoms with van der Waals surface area (Å²) in [6, 6.07) is 12.3. The number of H-pyrrole nitrogens is 1. The first-order chi connectivity index (χ1) is 13.0. The first kappa shape index (κ1) is 18.4. The highest BCUT2D eigenvalue weighted by Crippen LogP contribution is 2.23. The second kappa shape index (κ2) is 8.35. The maximum Gasteiger partial charge on any atom is 0.270 e. The van der Waals surface area contributed by atoms with Crippen LogP contribution in [0.4, 0.5) is 5.69 Å². The number of nitrogens with zero attached hydrogens (tertiary/aromatic N) is 1. The maximum absolute atomic E-state index is 12.4. The second-order valence-electron chi connectivity index (χ2n) is 6.31. The van der Waals surface area contributed by atoms with E-state index in [1.54, 1.807) is 12.3 Å². The number of carbonyl (C=O) groups is 1. The van der Waals surface area contributed by atoms with Crippen molar-refractivity contribution in [3.05, 3.63) is 69.9 Å². The quantitative estimate of drug-likeness (QED) is 0.357. The van der Waals surface area contributed by atoms with Crippen LogP contribution in [0.1, 0.15) is 28.8 Å². The van der Waals surface area contributed by atoms with Crippen molar-refractivity contribution in [1.82, 2.24) is 10.3 Å². The number of hydrogen-bond donors (Lipinski definition) is 2. The second-order valence-corrected chi connectivity index (χ2v) is 6.31. The van der Waals surface area contributed by atoms with E-state index in [1.807, 2.05) is 31.2 Å². The lowest BCUT2D eigenvalue weighted by molar-refractivity contribution is -0.384. The normalized spacial score (nSPS) is 10.7. The van der Waals surface area contributed by atoms with Crippen LogP contribution in [0.5, 0.6) is 5.75 Å². The Morgan fingerprint density at radius 1 is 1.19 bits per heavy atom. The van der Waals surface area contributed by atoms with Gasteiger partial charge in [0.2, 0.25) is 0 Å². The van der Waals surface area contributed by atoms with Gasteiger partial charge in [-0.2, -0.15) is 0 Å². The van der Waals surface area contributed by atoms with Gasteiger partial charge in [-0.1, -0.05) is 17.7 Å². The number of rotatable bonds is 8. The number of hydrogen-bond acceptors (Lipinski definition) is 4. The number of amides is 1. The van der Waals surface area contributed by atoms with Gasteiger partial charge in [-0.3, -0.25) is 14.9 Å². The number of nitro groups is 1. The fourth-order valence-corrected chi connectivity index (χ4v) is 2.76. The Morgan fingerprint density at radius 3 is 2.70 bits per heavy atom. The molecule has 0 atom stereocenters. The molecule has 0 bridgehead atoms. The fourth-order valence-electron chi connectivity index (χ4n) is 2.76. The molecule has 1 aromatic heterocycles. The molecule has 1 heterocycles. The molecule has 0 radical (unpaired) electrons. The highest BCUT2D eigenvalue weighted by molar-refractivity contribution is 6.07. The lowest BCUT2D eigenvalue weighted by atomic mass is 10.1. The van der Waals surface area contributed by atoms with Crippen molar-refractivity contribution in [3.8, 4) is 5.75 Å². The molecule has 3 aromatic rings. The van der Waals surface area contributed by atoms with Crippen LogP contribution in [0.25, 0.3) is 10.9 Å². The SMILES string of the molecule is Cc1ccc(OCCCCNC(=O)c2c[nH]c3ccc([N+](=O)[O-])cc23)cc1. The van der Waals surface area contributed by atoms with Gasteiger partial charge in [-0.15, -0.1) is 0 Å². The number of aromatic nitrogens is 1. The van der Waals surface area contributed by atoms with Gasteiger partial charge in [0, 0.05) is 35.8 Å². The molecule has 7 heteroatoms. The number of aromatic amines is 1. The molecule has 27 heavy (non-hydrogen) atoms. The number of aryl methyl sites for hydroxylation is 1. The highest BCUT2D eigenvalue weighted by atomic mass is 16.6. The largest absolute Gasteiger partial charge is 0.494 e. The minimum atomic E-state index is -0.470. The van der Waals surface area contributed by atoms with Crippen LogP contribution in [0, 0.1) is 17.0 Å². The predicted octanol–water partition coefficient (Wildman–Crippen LogP) is 3.97. The van der Waals surface area contributed by atoms with Crippen molar-refractivity contribution >= 4 is 22.5 Å². The molecule has 0 aliphatic carbocycles. The van der Waals surface area contributed by atoms with Crippen molar-refractivity contribution in [2.75, 3.05) is 13.2 Å². The third-order valence-corrected chi connectivity index (χ3v) is 4.27. The standard InChI is InChI=1S/C20H21N3O4/c1-14-4-7-16(8-5-14)27-11-3-2-10-21-20(24)18-13-22-19-9-6-15(23(25)26)12-17(18)19/h4-9,12-13,22H,2-3,10-11H2,1H3,(H,21,24). The van der Waals surface area contributed by atoms with Gasteiger partial charge < -0.3 is 15.0 Å². The summed E-state index contributed by atoms with van der Waals surface area (Å²) in [4.78, 5) is 25.8. The Balaban J connectivity index is 1.46. The van der Waals surface area contributed by atoms with Gasteiger partial charge in [0.1, 0.15) is 5.75 Å². The fraction of sp³-hybridized carbons (Fsp3) is 0.250. The average Bonchev–Trinajstić information content (AvgIpc) is 3.09. The predicted molar refractivity (Wildman–Crippen MR) is 103 cm³/mol. The van der Waals surface area contributed by atoms with Gasteiger partial charge in [-0.05, 0) is 38.0 Å². The van der Waals surface area contributed by atoms with E-state index < -0.39 is 4.92 Å². The molecule has 2 aromatic carbocycles. The lowest BCUT2D eigenvalue weighted by Crippen LogP contribution is -2.24. The molecule has 0 aliphatic heterocycles. The van der Waals surface area contributed by atoms with Crippen LogP contribution in [-0.2, 0) is 0 Å². The van der Waals surface area contributed by atoms with Crippen LogP contribution in [0.3, 0.4) is 0 Å². The molecule has 1 amide bonds. The number of benzene rings is 2. The van der Waals surface area contributed by atoms with E-state index in [0.717, 1.165) is 18.6 Å². The summed E-state index contributed by atoms with van der Waals surface area (Å²) >= 11 is 0. The van der Waals surface area contributed by atoms with Crippen molar-refractivity contribution in [2.24, 2.45) is 0 Å². The van der Waals surface area contributed by atoms with Crippen molar-refractivity contribution < 1.29 is 14.5 Å². The molecule has 0 aliphatic rings. The van der Waals surface area contributed by atoms with Crippen LogP contribution in [0.2, 0.25) is 0 Å². The zero-order valence-corrected chi connectivity index (χ0v) is 15.0. The zero-order chi connectivity index (χ0) is 19.2. The molecule has 0 saturated carbocycles. The van der Waals surface area contributed by atoms with Crippen molar-refractivity contribution in [2.45, 2.75) is 19.8 Å². The summed E-state index contributed by atoms with van der Waals surface area (Å²) in [5.74, 6) is 0.589. The van der Waals surface area contributed by atoms with Gasteiger partial charge in [0.15, 0.2) is 0 Å². The van der Waals surface area contributed by atoms with Crippen LogP contribution in [-0.4, -0.2) is 29.0 Å². The number of nitro benzene ring substituents is 1. The Bertz CT molecular complexity index is 948. The summed E-state index contributed by atoms with van der Waals surface area (Å²) < 4.78 is 5.65. The Hall–Kier alpha value is -3.35. The summed E-state index contributed by atoms with van der Waals surface area (Å²) in [5.41, 5.74) is 2.25. The highest BCUT2D eigenvalue weighted by Gasteiger charge is 2.15. The van der Waals surface area contributed by atoms with Crippen LogP contribution >= 0.6 is 0 Å². The molecule has 2 N–H and O–H groups in total. The molecule has 0 fully saturated rings. The van der Waals surface area contributed by atoms with Gasteiger partial charge in [0.05, 0.1) is 17.1 Å². The van der Waals surface area contributed by atoms with Crippen molar-refractivity contribution in [3.63, 3.8) is 0 Å². The first-order valence-corrected chi connectivity index (χ1v) is 8.78. The summed E-state index contributed by atoms with van der Waals surface area (Å²) in [5, 5.41) is 14.3. The molecule has 3 rings (SSSR count). The van der Waals surface area contributed by atoms with Gasteiger partial charge in [-0.25, -0.2) is 0 Å². The Morgan fingerprint density at radius 2 is 1.96 bits per heavy atom. The summed E-state index contributed by atoms with van der Waals surface area (Å²) in [6.07, 6.45) is 3.16. The van der Waals surface area contributed by atoms with E-state index in [0.29, 0.717) is 29.6 Å². The van der Waals surface area contributed by atoms with E-state index >= 15 is 0 Å². The molecule has 140 valence electrons. The number of fused-ring (bicyclic) bond motifs is 1. The number of non-ortho nitro benzene ring substituents is 1. The van der Waals surface area contributed by atoms with Crippen LogP contribution < -0.4 is 10.1 Å². The minimum absolute atomic E-state index is 0.0376. The number of ether oxygens (including phenoxy) is 1. The maximum atomic E-state index is 12.4. The van der Waals surface area contributed by atoms with E-state index in [2.05, 4.69) is 10.3 Å². The zero-order valence-electron chi connectivity index (χ0n) is 15.0. The van der Waals surface area contributed by atoms with E-state index in [-0.39, 0.29) is 11.6 Å². The monoisotopic (exact) mass is 367 g/mol. The molecule has 0 saturated heterocycles.